The molecular formula is C18H19NO6S. The Morgan fingerprint density at radius 2 is 1.81 bits per heavy atom. The van der Waals surface area contributed by atoms with E-state index in [1.54, 1.807) is 24.3 Å². The second-order valence-electron chi connectivity index (χ2n) is 5.87. The van der Waals surface area contributed by atoms with E-state index in [4.69, 9.17) is 9.47 Å². The van der Waals surface area contributed by atoms with E-state index in [2.05, 4.69) is 4.18 Å². The summed E-state index contributed by atoms with van der Waals surface area (Å²) in [5, 5.41) is 0. The van der Waals surface area contributed by atoms with Crippen LogP contribution in [0.1, 0.15) is 5.56 Å². The first-order valence-electron chi connectivity index (χ1n) is 8.00. The molecule has 2 aromatic rings. The Balaban J connectivity index is 1.57. The van der Waals surface area contributed by atoms with E-state index in [0.29, 0.717) is 18.0 Å². The maximum Gasteiger partial charge on any atom is 0.414 e. The van der Waals surface area contributed by atoms with Crippen LogP contribution in [0.3, 0.4) is 0 Å². The Hall–Kier alpha value is -2.58. The van der Waals surface area contributed by atoms with Gasteiger partial charge in [0.15, 0.2) is 0 Å². The fourth-order valence-corrected chi connectivity index (χ4v) is 2.88. The second kappa shape index (κ2) is 7.76. The van der Waals surface area contributed by atoms with E-state index in [1.807, 2.05) is 30.3 Å². The van der Waals surface area contributed by atoms with E-state index >= 15 is 0 Å². The number of hydrogen-bond donors (Lipinski definition) is 0. The Bertz CT molecular complexity index is 851. The number of amides is 1. The summed E-state index contributed by atoms with van der Waals surface area (Å²) in [5.74, 6) is 0.683. The number of carbonyl (C=O) groups is 1. The largest absolute Gasteiger partial charge is 0.489 e. The van der Waals surface area contributed by atoms with Crippen LogP contribution in [0.15, 0.2) is 54.6 Å². The van der Waals surface area contributed by atoms with Crippen molar-refractivity contribution in [2.45, 2.75) is 12.7 Å². The third-order valence-electron chi connectivity index (χ3n) is 3.74. The van der Waals surface area contributed by atoms with Gasteiger partial charge in [-0.15, -0.1) is 0 Å². The quantitative estimate of drug-likeness (QED) is 0.690. The molecule has 8 heteroatoms. The van der Waals surface area contributed by atoms with Crippen molar-refractivity contribution in [3.63, 3.8) is 0 Å². The maximum absolute atomic E-state index is 12.0. The van der Waals surface area contributed by atoms with Gasteiger partial charge in [-0.05, 0) is 29.8 Å². The standard InChI is InChI=1S/C18H19NO6S/c1-26(21,22)24-13-17-11-19(18(20)25-17)15-7-9-16(10-8-15)23-12-14-5-3-2-4-6-14/h2-10,17H,11-13H2,1H3/t17-/m0/s1. The summed E-state index contributed by atoms with van der Waals surface area (Å²) in [4.78, 5) is 13.4. The Morgan fingerprint density at radius 1 is 1.12 bits per heavy atom. The summed E-state index contributed by atoms with van der Waals surface area (Å²) in [6.45, 7) is 0.481. The molecule has 138 valence electrons. The van der Waals surface area contributed by atoms with Gasteiger partial charge in [0.05, 0.1) is 12.8 Å². The van der Waals surface area contributed by atoms with E-state index in [9.17, 15) is 13.2 Å². The molecule has 3 rings (SSSR count). The van der Waals surface area contributed by atoms with Crippen molar-refractivity contribution in [2.75, 3.05) is 24.3 Å². The lowest BCUT2D eigenvalue weighted by atomic mass is 10.2. The highest BCUT2D eigenvalue weighted by Crippen LogP contribution is 2.25. The third-order valence-corrected chi connectivity index (χ3v) is 4.30. The maximum atomic E-state index is 12.0. The van der Waals surface area contributed by atoms with Gasteiger partial charge in [0.25, 0.3) is 10.1 Å². The molecule has 0 saturated carbocycles. The Kier molecular flexibility index (Phi) is 5.43. The van der Waals surface area contributed by atoms with Crippen LogP contribution in [0.4, 0.5) is 10.5 Å². The number of anilines is 1. The number of cyclic esters (lactones) is 1. The first-order chi connectivity index (χ1) is 12.4. The molecule has 0 radical (unpaired) electrons. The third kappa shape index (κ3) is 4.96. The van der Waals surface area contributed by atoms with Crippen LogP contribution in [0.2, 0.25) is 0 Å². The van der Waals surface area contributed by atoms with Crippen LogP contribution in [0.25, 0.3) is 0 Å². The predicted octanol–water partition coefficient (Wildman–Crippen LogP) is 2.57. The van der Waals surface area contributed by atoms with Gasteiger partial charge < -0.3 is 9.47 Å². The summed E-state index contributed by atoms with van der Waals surface area (Å²) in [6.07, 6.45) is -0.216. The lowest BCUT2D eigenvalue weighted by Crippen LogP contribution is -2.26. The van der Waals surface area contributed by atoms with Gasteiger partial charge in [0, 0.05) is 5.69 Å². The zero-order valence-electron chi connectivity index (χ0n) is 14.2. The highest BCUT2D eigenvalue weighted by molar-refractivity contribution is 7.85. The van der Waals surface area contributed by atoms with Crippen molar-refractivity contribution in [1.29, 1.82) is 0 Å². The van der Waals surface area contributed by atoms with Crippen LogP contribution < -0.4 is 9.64 Å². The molecule has 1 fully saturated rings. The number of ether oxygens (including phenoxy) is 2. The van der Waals surface area contributed by atoms with Crippen LogP contribution in [0.5, 0.6) is 5.75 Å². The number of rotatable bonds is 7. The van der Waals surface area contributed by atoms with Gasteiger partial charge in [0.1, 0.15) is 25.1 Å². The Labute approximate surface area is 152 Å². The number of nitrogens with zero attached hydrogens (tertiary/aromatic N) is 1. The average Bonchev–Trinajstić information content (AvgIpc) is 3.00. The minimum atomic E-state index is -3.57. The molecule has 0 bridgehead atoms. The van der Waals surface area contributed by atoms with Gasteiger partial charge in [-0.25, -0.2) is 4.79 Å². The van der Waals surface area contributed by atoms with Gasteiger partial charge in [-0.2, -0.15) is 8.42 Å². The molecule has 2 aromatic carbocycles. The van der Waals surface area contributed by atoms with Crippen LogP contribution in [-0.2, 0) is 25.6 Å². The fraction of sp³-hybridized carbons (Fsp3) is 0.278. The van der Waals surface area contributed by atoms with Crippen molar-refractivity contribution in [3.8, 4) is 5.75 Å². The molecule has 1 atom stereocenters. The fourth-order valence-electron chi connectivity index (χ4n) is 2.48. The van der Waals surface area contributed by atoms with Crippen LogP contribution in [0, 0.1) is 0 Å². The molecule has 1 aliphatic heterocycles. The molecule has 0 N–H and O–H groups in total. The lowest BCUT2D eigenvalue weighted by Gasteiger charge is -2.14. The molecule has 26 heavy (non-hydrogen) atoms. The summed E-state index contributed by atoms with van der Waals surface area (Å²) < 4.78 is 37.6. The minimum Gasteiger partial charge on any atom is -0.489 e. The highest BCUT2D eigenvalue weighted by atomic mass is 32.2. The van der Waals surface area contributed by atoms with Gasteiger partial charge in [-0.3, -0.25) is 9.08 Å². The molecule has 1 saturated heterocycles. The summed E-state index contributed by atoms with van der Waals surface area (Å²) >= 11 is 0. The molecular weight excluding hydrogens is 358 g/mol. The van der Waals surface area contributed by atoms with Crippen molar-refractivity contribution >= 4 is 21.9 Å². The SMILES string of the molecule is CS(=O)(=O)OC[C@@H]1CN(c2ccc(OCc3ccccc3)cc2)C(=O)O1. The molecule has 0 aliphatic carbocycles. The van der Waals surface area contributed by atoms with Crippen molar-refractivity contribution < 1.29 is 26.9 Å². The minimum absolute atomic E-state index is 0.195. The van der Waals surface area contributed by atoms with Crippen molar-refractivity contribution in [2.24, 2.45) is 0 Å². The topological polar surface area (TPSA) is 82.1 Å². The monoisotopic (exact) mass is 377 g/mol. The smallest absolute Gasteiger partial charge is 0.414 e. The van der Waals surface area contributed by atoms with Crippen molar-refractivity contribution in [1.82, 2.24) is 0 Å². The summed E-state index contributed by atoms with van der Waals surface area (Å²) in [6, 6.07) is 16.8. The van der Waals surface area contributed by atoms with E-state index < -0.39 is 22.3 Å². The molecule has 1 heterocycles. The number of benzene rings is 2. The van der Waals surface area contributed by atoms with Crippen molar-refractivity contribution in [3.05, 3.63) is 60.2 Å². The zero-order valence-corrected chi connectivity index (χ0v) is 15.0. The van der Waals surface area contributed by atoms with E-state index in [-0.39, 0.29) is 13.2 Å². The predicted molar refractivity (Wildman–Crippen MR) is 95.6 cm³/mol. The Morgan fingerprint density at radius 3 is 2.46 bits per heavy atom. The normalized spacial score (nSPS) is 17.2. The number of hydrogen-bond acceptors (Lipinski definition) is 6. The number of carbonyl (C=O) groups excluding carboxylic acids is 1. The summed E-state index contributed by atoms with van der Waals surface area (Å²) in [5.41, 5.74) is 1.71. The lowest BCUT2D eigenvalue weighted by molar-refractivity contribution is 0.107. The van der Waals surface area contributed by atoms with Crippen LogP contribution >= 0.6 is 0 Å². The molecule has 1 aliphatic rings. The summed E-state index contributed by atoms with van der Waals surface area (Å²) in [7, 11) is -3.57. The second-order valence-corrected chi connectivity index (χ2v) is 7.52. The molecule has 0 unspecified atom stereocenters. The molecule has 1 amide bonds. The van der Waals surface area contributed by atoms with Gasteiger partial charge in [0.2, 0.25) is 0 Å². The first-order valence-corrected chi connectivity index (χ1v) is 9.82. The zero-order chi connectivity index (χ0) is 18.6. The molecule has 0 aromatic heterocycles. The van der Waals surface area contributed by atoms with Gasteiger partial charge >= 0.3 is 6.09 Å². The molecule has 7 nitrogen and oxygen atoms in total. The average molecular weight is 377 g/mol. The first kappa shape index (κ1) is 18.2. The van der Waals surface area contributed by atoms with Gasteiger partial charge in [-0.1, -0.05) is 30.3 Å². The van der Waals surface area contributed by atoms with E-state index in [0.717, 1.165) is 11.8 Å². The van der Waals surface area contributed by atoms with Crippen LogP contribution in [-0.4, -0.2) is 40.0 Å². The molecule has 0 spiro atoms. The highest BCUT2D eigenvalue weighted by Gasteiger charge is 2.33. The van der Waals surface area contributed by atoms with E-state index in [1.165, 1.54) is 4.90 Å².